The van der Waals surface area contributed by atoms with E-state index in [1.165, 1.54) is 0 Å². The van der Waals surface area contributed by atoms with Crippen molar-refractivity contribution in [2.24, 2.45) is 0 Å². The summed E-state index contributed by atoms with van der Waals surface area (Å²) >= 11 is 4.25. The van der Waals surface area contributed by atoms with Crippen molar-refractivity contribution in [3.8, 4) is 5.75 Å². The molecule has 0 aliphatic rings. The van der Waals surface area contributed by atoms with Crippen LogP contribution >= 0.6 is 45.2 Å². The number of aromatic nitrogens is 1. The van der Waals surface area contributed by atoms with Gasteiger partial charge in [0.25, 0.3) is 0 Å². The van der Waals surface area contributed by atoms with Crippen LogP contribution in [0.3, 0.4) is 0 Å². The van der Waals surface area contributed by atoms with E-state index in [0.29, 0.717) is 5.75 Å². The Kier molecular flexibility index (Phi) is 6.17. The van der Waals surface area contributed by atoms with Crippen molar-refractivity contribution in [2.75, 3.05) is 7.11 Å². The first-order valence-corrected chi connectivity index (χ1v) is 4.67. The van der Waals surface area contributed by atoms with Crippen LogP contribution in [0.15, 0.2) is 6.07 Å². The fraction of sp³-hybridized carbons (Fsp3) is 0.167. The zero-order valence-corrected chi connectivity index (χ0v) is 13.2. The van der Waals surface area contributed by atoms with Gasteiger partial charge in [0.05, 0.1) is 7.11 Å². The molecule has 56 valence electrons. The van der Waals surface area contributed by atoms with Gasteiger partial charge in [-0.3, -0.25) is 0 Å². The Morgan fingerprint density at radius 2 is 2.18 bits per heavy atom. The van der Waals surface area contributed by atoms with Crippen LogP contribution in [0, 0.1) is 13.5 Å². The minimum Gasteiger partial charge on any atom is -0.520 e. The van der Waals surface area contributed by atoms with E-state index in [-0.39, 0.29) is 19.5 Å². The molecule has 0 unspecified atom stereocenters. The van der Waals surface area contributed by atoms with Crippen molar-refractivity contribution in [1.29, 1.82) is 0 Å². The van der Waals surface area contributed by atoms with Crippen molar-refractivity contribution >= 4 is 45.2 Å². The quantitative estimate of drug-likeness (QED) is 0.298. The van der Waals surface area contributed by atoms with Gasteiger partial charge in [0, 0.05) is 28.9 Å². The number of hydrogen-bond acceptors (Lipinski definition) is 2. The Labute approximate surface area is 106 Å². The molecule has 1 aromatic heterocycles. The normalized spacial score (nSPS) is 8.64. The van der Waals surface area contributed by atoms with Gasteiger partial charge in [-0.2, -0.15) is 0 Å². The summed E-state index contributed by atoms with van der Waals surface area (Å²) in [6.07, 6.45) is 0. The van der Waals surface area contributed by atoms with Gasteiger partial charge in [-0.1, -0.05) is 0 Å². The molecule has 1 heterocycles. The summed E-state index contributed by atoms with van der Waals surface area (Å²) in [5.74, 6) is 0.709. The second-order valence-electron chi connectivity index (χ2n) is 1.55. The van der Waals surface area contributed by atoms with Crippen LogP contribution in [0.4, 0.5) is 0 Å². The molecule has 1 aromatic rings. The molecule has 2 nitrogen and oxygen atoms in total. The summed E-state index contributed by atoms with van der Waals surface area (Å²) in [5, 5.41) is 0. The summed E-state index contributed by atoms with van der Waals surface area (Å²) in [5.41, 5.74) is 0. The molecule has 0 N–H and O–H groups in total. The molecule has 0 aliphatic carbocycles. The fourth-order valence-corrected chi connectivity index (χ4v) is 2.00. The molecule has 0 bridgehead atoms. The number of pyridine rings is 1. The second kappa shape index (κ2) is 5.64. The Morgan fingerprint density at radius 3 is 2.64 bits per heavy atom. The third-order valence-corrected chi connectivity index (χ3v) is 2.20. The van der Waals surface area contributed by atoms with Crippen LogP contribution < -0.4 is 4.74 Å². The van der Waals surface area contributed by atoms with E-state index in [9.17, 15) is 0 Å². The predicted molar refractivity (Wildman–Crippen MR) is 55.1 cm³/mol. The molecular weight excluding hydrogens is 421 g/mol. The minimum atomic E-state index is 0. The molecular formula is C6H4I2NOZn-. The van der Waals surface area contributed by atoms with E-state index in [1.807, 2.05) is 0 Å². The molecule has 0 saturated carbocycles. The summed E-state index contributed by atoms with van der Waals surface area (Å²) in [6.45, 7) is 0. The van der Waals surface area contributed by atoms with Crippen molar-refractivity contribution in [1.82, 2.24) is 4.98 Å². The fourth-order valence-electron chi connectivity index (χ4n) is 0.505. The average Bonchev–Trinajstić information content (AvgIpc) is 1.88. The number of methoxy groups -OCH3 is 1. The number of nitrogens with zero attached hydrogens (tertiary/aromatic N) is 1. The first-order chi connectivity index (χ1) is 4.74. The third-order valence-electron chi connectivity index (χ3n) is 0.919. The van der Waals surface area contributed by atoms with Crippen molar-refractivity contribution in [3.63, 3.8) is 0 Å². The van der Waals surface area contributed by atoms with Crippen LogP contribution in [0.25, 0.3) is 0 Å². The largest absolute Gasteiger partial charge is 0.520 e. The smallest absolute Gasteiger partial charge is 0.0744 e. The van der Waals surface area contributed by atoms with Crippen LogP contribution in [-0.2, 0) is 19.5 Å². The number of rotatable bonds is 1. The van der Waals surface area contributed by atoms with Gasteiger partial charge in [0.15, 0.2) is 0 Å². The van der Waals surface area contributed by atoms with Gasteiger partial charge >= 0.3 is 0 Å². The van der Waals surface area contributed by atoms with Gasteiger partial charge in [0.2, 0.25) is 0 Å². The molecule has 0 saturated heterocycles. The van der Waals surface area contributed by atoms with E-state index in [4.69, 9.17) is 4.74 Å². The number of hydrogen-bond donors (Lipinski definition) is 0. The molecule has 0 aromatic carbocycles. The zero-order chi connectivity index (χ0) is 7.56. The SMILES string of the molecule is COc1[c-]cc(I)nc1I.[Zn]. The number of halogens is 2. The summed E-state index contributed by atoms with van der Waals surface area (Å²) in [7, 11) is 1.61. The molecule has 11 heavy (non-hydrogen) atoms. The maximum Gasteiger partial charge on any atom is 0.0744 e. The summed E-state index contributed by atoms with van der Waals surface area (Å²) < 4.78 is 6.76. The van der Waals surface area contributed by atoms with Gasteiger partial charge in [-0.15, -0.1) is 57.3 Å². The Bertz CT molecular complexity index is 244. The van der Waals surface area contributed by atoms with E-state index < -0.39 is 0 Å². The Balaban J connectivity index is 0.000001000. The molecule has 0 radical (unpaired) electrons. The zero-order valence-electron chi connectivity index (χ0n) is 5.90. The summed E-state index contributed by atoms with van der Waals surface area (Å²) in [6, 6.07) is 4.75. The minimum absolute atomic E-state index is 0. The third kappa shape index (κ3) is 3.50. The Morgan fingerprint density at radius 1 is 1.55 bits per heavy atom. The average molecular weight is 425 g/mol. The topological polar surface area (TPSA) is 22.1 Å². The van der Waals surface area contributed by atoms with Crippen LogP contribution in [0.5, 0.6) is 5.75 Å². The molecule has 0 spiro atoms. The molecule has 0 amide bonds. The van der Waals surface area contributed by atoms with Crippen molar-refractivity contribution < 1.29 is 24.2 Å². The molecule has 0 aliphatic heterocycles. The predicted octanol–water partition coefficient (Wildman–Crippen LogP) is 2.10. The van der Waals surface area contributed by atoms with Gasteiger partial charge in [-0.05, 0) is 3.70 Å². The van der Waals surface area contributed by atoms with Crippen LogP contribution in [0.2, 0.25) is 0 Å². The van der Waals surface area contributed by atoms with Crippen molar-refractivity contribution in [2.45, 2.75) is 0 Å². The van der Waals surface area contributed by atoms with E-state index in [0.717, 1.165) is 7.40 Å². The first kappa shape index (κ1) is 12.0. The van der Waals surface area contributed by atoms with Crippen LogP contribution in [-0.4, -0.2) is 12.1 Å². The standard InChI is InChI=1S/C6H4I2NO.Zn/c1-10-4-2-3-5(7)9-6(4)8;/h3H,1H3;/q-1;. The van der Waals surface area contributed by atoms with E-state index >= 15 is 0 Å². The van der Waals surface area contributed by atoms with Gasteiger partial charge < -0.3 is 9.72 Å². The molecule has 5 heteroatoms. The van der Waals surface area contributed by atoms with Crippen molar-refractivity contribution in [3.05, 3.63) is 19.5 Å². The molecule has 0 fully saturated rings. The maximum absolute atomic E-state index is 4.97. The number of ether oxygens (including phenoxy) is 1. The van der Waals surface area contributed by atoms with Crippen LogP contribution in [0.1, 0.15) is 0 Å². The first-order valence-electron chi connectivity index (χ1n) is 2.51. The van der Waals surface area contributed by atoms with E-state index in [1.54, 1.807) is 13.2 Å². The summed E-state index contributed by atoms with van der Waals surface area (Å²) in [4.78, 5) is 4.16. The van der Waals surface area contributed by atoms with Gasteiger partial charge in [-0.25, -0.2) is 0 Å². The molecule has 0 atom stereocenters. The molecule has 1 rings (SSSR count). The van der Waals surface area contributed by atoms with E-state index in [2.05, 4.69) is 56.2 Å². The second-order valence-corrected chi connectivity index (χ2v) is 3.67. The van der Waals surface area contributed by atoms with Gasteiger partial charge in [0.1, 0.15) is 0 Å². The maximum atomic E-state index is 4.97. The monoisotopic (exact) mass is 424 g/mol. The Hall–Kier alpha value is 1.03.